The van der Waals surface area contributed by atoms with Crippen LogP contribution in [0.25, 0.3) is 22.2 Å². The molecule has 4 heterocycles. The van der Waals surface area contributed by atoms with Gasteiger partial charge >= 0.3 is 12.5 Å². The van der Waals surface area contributed by atoms with Gasteiger partial charge in [0.05, 0.1) is 17.2 Å². The van der Waals surface area contributed by atoms with E-state index in [1.54, 1.807) is 6.20 Å². The summed E-state index contributed by atoms with van der Waals surface area (Å²) >= 11 is 0. The number of H-pyrrole nitrogens is 1. The molecule has 0 radical (unpaired) electrons. The molecule has 1 atom stereocenters. The van der Waals surface area contributed by atoms with Crippen molar-refractivity contribution in [2.75, 3.05) is 26.2 Å². The smallest absolute Gasteiger partial charge is 0.356 e. The number of rotatable bonds is 7. The minimum atomic E-state index is -4.98. The van der Waals surface area contributed by atoms with Gasteiger partial charge in [-0.2, -0.15) is 5.10 Å². The maximum atomic E-state index is 12.4. The number of alkyl halides is 3. The molecule has 12 heteroatoms. The lowest BCUT2D eigenvalue weighted by atomic mass is 10.1. The number of nitrogens with zero attached hydrogens (tertiary/aromatic N) is 6. The number of hydrogen-bond donors (Lipinski definition) is 1. The van der Waals surface area contributed by atoms with Crippen LogP contribution in [0, 0.1) is 5.92 Å². The van der Waals surface area contributed by atoms with E-state index in [2.05, 4.69) is 47.7 Å². The summed E-state index contributed by atoms with van der Waals surface area (Å²) in [4.78, 5) is 27.7. The van der Waals surface area contributed by atoms with E-state index < -0.39 is 12.5 Å². The molecule has 3 aromatic heterocycles. The second-order valence-electron chi connectivity index (χ2n) is 11.3. The van der Waals surface area contributed by atoms with Crippen molar-refractivity contribution in [1.29, 1.82) is 0 Å². The number of fused-ring (bicyclic) bond motifs is 1. The molecule has 2 fully saturated rings. The average molecular weight is 582 g/mol. The van der Waals surface area contributed by atoms with Crippen molar-refractivity contribution in [3.05, 3.63) is 66.0 Å². The molecule has 1 N–H and O–H groups in total. The van der Waals surface area contributed by atoms with Gasteiger partial charge in [0.25, 0.3) is 0 Å². The molecular weight excluding hydrogens is 547 g/mol. The fourth-order valence-corrected chi connectivity index (χ4v) is 6.09. The van der Waals surface area contributed by atoms with Crippen LogP contribution in [0.15, 0.2) is 48.9 Å². The SMILES string of the molecule is CC(c1ccnc(Cc2nc3ccc(-c4cnn(CC5CCCC5)c4)cc3[nH]2)c1)N1CCN(C(=O)OC(F)(F)F)CC1. The molecule has 1 unspecified atom stereocenters. The monoisotopic (exact) mass is 581 g/mol. The van der Waals surface area contributed by atoms with Gasteiger partial charge in [-0.25, -0.2) is 9.78 Å². The average Bonchev–Trinajstić information content (AvgIpc) is 3.73. The van der Waals surface area contributed by atoms with E-state index in [4.69, 9.17) is 4.98 Å². The summed E-state index contributed by atoms with van der Waals surface area (Å²) in [5, 5.41) is 4.59. The number of aromatic amines is 1. The summed E-state index contributed by atoms with van der Waals surface area (Å²) in [7, 11) is 0. The Bertz CT molecular complexity index is 1540. The van der Waals surface area contributed by atoms with Crippen LogP contribution >= 0.6 is 0 Å². The Kier molecular flexibility index (Phi) is 7.89. The number of aromatic nitrogens is 5. The number of pyridine rings is 1. The van der Waals surface area contributed by atoms with E-state index in [0.29, 0.717) is 19.5 Å². The maximum Gasteiger partial charge on any atom is 0.576 e. The zero-order valence-electron chi connectivity index (χ0n) is 23.5. The third kappa shape index (κ3) is 6.59. The number of piperazine rings is 1. The van der Waals surface area contributed by atoms with Crippen molar-refractivity contribution in [3.63, 3.8) is 0 Å². The number of carbonyl (C=O) groups excluding carboxylic acids is 1. The molecule has 1 aromatic carbocycles. The lowest BCUT2D eigenvalue weighted by Crippen LogP contribution is -2.50. The standard InChI is InChI=1S/C30H34F3N7O2/c1-20(38-10-12-39(13-11-38)29(41)42-30(31,32)33)22-8-9-34-25(14-22)16-28-36-26-7-6-23(15-27(26)37-28)24-17-35-40(19-24)18-21-4-2-3-5-21/h6-9,14-15,17,19-21H,2-5,10-13,16,18H2,1H3,(H,36,37). The van der Waals surface area contributed by atoms with Crippen LogP contribution < -0.4 is 0 Å². The maximum absolute atomic E-state index is 12.4. The first-order valence-corrected chi connectivity index (χ1v) is 14.5. The number of amides is 1. The van der Waals surface area contributed by atoms with Gasteiger partial charge in [0.1, 0.15) is 5.82 Å². The highest BCUT2D eigenvalue weighted by Gasteiger charge is 2.37. The number of nitrogens with one attached hydrogen (secondary N) is 1. The van der Waals surface area contributed by atoms with Crippen LogP contribution in [-0.4, -0.2) is 73.2 Å². The fourth-order valence-electron chi connectivity index (χ4n) is 6.09. The molecule has 4 aromatic rings. The van der Waals surface area contributed by atoms with Crippen LogP contribution in [0.2, 0.25) is 0 Å². The van der Waals surface area contributed by atoms with E-state index >= 15 is 0 Å². The molecule has 2 aliphatic rings. The minimum Gasteiger partial charge on any atom is -0.356 e. The van der Waals surface area contributed by atoms with E-state index in [-0.39, 0.29) is 19.1 Å². The number of halogens is 3. The topological polar surface area (TPSA) is 92.2 Å². The quantitative estimate of drug-likeness (QED) is 0.291. The second-order valence-corrected chi connectivity index (χ2v) is 11.3. The summed E-state index contributed by atoms with van der Waals surface area (Å²) in [5.74, 6) is 1.54. The molecule has 1 aliphatic carbocycles. The first-order chi connectivity index (χ1) is 20.2. The number of hydrogen-bond acceptors (Lipinski definition) is 6. The van der Waals surface area contributed by atoms with Crippen LogP contribution in [-0.2, 0) is 17.7 Å². The highest BCUT2D eigenvalue weighted by molar-refractivity contribution is 5.81. The molecular formula is C30H34F3N7O2. The van der Waals surface area contributed by atoms with Crippen LogP contribution in [0.4, 0.5) is 18.0 Å². The van der Waals surface area contributed by atoms with Gasteiger partial charge in [0.2, 0.25) is 0 Å². The van der Waals surface area contributed by atoms with E-state index in [0.717, 1.165) is 56.6 Å². The zero-order valence-corrected chi connectivity index (χ0v) is 23.5. The summed E-state index contributed by atoms with van der Waals surface area (Å²) < 4.78 is 42.8. The Hall–Kier alpha value is -3.93. The summed E-state index contributed by atoms with van der Waals surface area (Å²) in [6, 6.07) is 10.2. The molecule has 0 spiro atoms. The van der Waals surface area contributed by atoms with Crippen LogP contribution in [0.5, 0.6) is 0 Å². The van der Waals surface area contributed by atoms with Crippen molar-refractivity contribution in [2.45, 2.75) is 58.0 Å². The Labute approximate surface area is 241 Å². The summed E-state index contributed by atoms with van der Waals surface area (Å²) in [5.41, 5.74) is 5.93. The predicted octanol–water partition coefficient (Wildman–Crippen LogP) is 5.94. The Balaban J connectivity index is 1.08. The van der Waals surface area contributed by atoms with Crippen LogP contribution in [0.3, 0.4) is 0 Å². The first kappa shape index (κ1) is 28.2. The zero-order chi connectivity index (χ0) is 29.3. The van der Waals surface area contributed by atoms with Crippen molar-refractivity contribution in [2.24, 2.45) is 5.92 Å². The summed E-state index contributed by atoms with van der Waals surface area (Å²) in [6.45, 7) is 4.24. The number of imidazole rings is 1. The molecule has 222 valence electrons. The number of carbonyl (C=O) groups is 1. The number of ether oxygens (including phenoxy) is 1. The van der Waals surface area contributed by atoms with Crippen LogP contribution in [0.1, 0.15) is 55.7 Å². The van der Waals surface area contributed by atoms with Crippen molar-refractivity contribution >= 4 is 17.1 Å². The van der Waals surface area contributed by atoms with Gasteiger partial charge in [-0.1, -0.05) is 18.9 Å². The lowest BCUT2D eigenvalue weighted by molar-refractivity contribution is -0.295. The Morgan fingerprint density at radius 1 is 1.10 bits per heavy atom. The fraction of sp³-hybridized carbons (Fsp3) is 0.467. The van der Waals surface area contributed by atoms with Crippen molar-refractivity contribution in [1.82, 2.24) is 34.5 Å². The molecule has 6 rings (SSSR count). The molecule has 9 nitrogen and oxygen atoms in total. The van der Waals surface area contributed by atoms with Gasteiger partial charge in [-0.15, -0.1) is 13.2 Å². The molecule has 0 bridgehead atoms. The van der Waals surface area contributed by atoms with E-state index in [9.17, 15) is 18.0 Å². The summed E-state index contributed by atoms with van der Waals surface area (Å²) in [6.07, 6.45) is 5.25. The Morgan fingerprint density at radius 2 is 1.88 bits per heavy atom. The highest BCUT2D eigenvalue weighted by atomic mass is 19.4. The van der Waals surface area contributed by atoms with E-state index in [1.807, 2.05) is 31.3 Å². The van der Waals surface area contributed by atoms with Gasteiger partial charge in [0, 0.05) is 68.8 Å². The van der Waals surface area contributed by atoms with Gasteiger partial charge in [0.15, 0.2) is 0 Å². The van der Waals surface area contributed by atoms with Crippen molar-refractivity contribution < 1.29 is 22.7 Å². The van der Waals surface area contributed by atoms with Gasteiger partial charge < -0.3 is 14.6 Å². The highest BCUT2D eigenvalue weighted by Crippen LogP contribution is 2.28. The lowest BCUT2D eigenvalue weighted by Gasteiger charge is -2.37. The van der Waals surface area contributed by atoms with Crippen molar-refractivity contribution in [3.8, 4) is 11.1 Å². The van der Waals surface area contributed by atoms with E-state index in [1.165, 1.54) is 25.7 Å². The molecule has 1 aliphatic heterocycles. The minimum absolute atomic E-state index is 0.000327. The Morgan fingerprint density at radius 3 is 2.64 bits per heavy atom. The molecule has 1 amide bonds. The third-order valence-corrected chi connectivity index (χ3v) is 8.41. The normalized spacial score (nSPS) is 17.7. The molecule has 1 saturated heterocycles. The largest absolute Gasteiger partial charge is 0.576 e. The number of benzene rings is 1. The second kappa shape index (κ2) is 11.7. The predicted molar refractivity (Wildman–Crippen MR) is 150 cm³/mol. The third-order valence-electron chi connectivity index (χ3n) is 8.41. The van der Waals surface area contributed by atoms with Gasteiger partial charge in [-0.3, -0.25) is 14.6 Å². The van der Waals surface area contributed by atoms with Gasteiger partial charge in [-0.05, 0) is 61.1 Å². The first-order valence-electron chi connectivity index (χ1n) is 14.5. The molecule has 42 heavy (non-hydrogen) atoms. The molecule has 1 saturated carbocycles.